The van der Waals surface area contributed by atoms with Crippen molar-refractivity contribution in [2.75, 3.05) is 23.8 Å². The molecule has 0 unspecified atom stereocenters. The third-order valence-electron chi connectivity index (χ3n) is 6.45. The van der Waals surface area contributed by atoms with E-state index >= 15 is 0 Å². The Hall–Kier alpha value is -3.73. The second-order valence-corrected chi connectivity index (χ2v) is 12.6. The van der Waals surface area contributed by atoms with E-state index in [4.69, 9.17) is 15.5 Å². The zero-order valence-electron chi connectivity index (χ0n) is 22.7. The maximum absolute atomic E-state index is 14.5. The number of carbonyl (C=O) groups is 1. The van der Waals surface area contributed by atoms with Gasteiger partial charge in [-0.3, -0.25) is 4.79 Å². The molecule has 1 atom stereocenters. The average Bonchev–Trinajstić information content (AvgIpc) is 3.13. The van der Waals surface area contributed by atoms with Gasteiger partial charge in [0.2, 0.25) is 0 Å². The van der Waals surface area contributed by atoms with Crippen molar-refractivity contribution in [1.29, 1.82) is 0 Å². The number of halogens is 1. The summed E-state index contributed by atoms with van der Waals surface area (Å²) in [5.41, 5.74) is 6.24. The van der Waals surface area contributed by atoms with Crippen molar-refractivity contribution in [3.8, 4) is 17.0 Å². The van der Waals surface area contributed by atoms with Crippen LogP contribution in [0.1, 0.15) is 54.3 Å². The molecule has 0 spiro atoms. The van der Waals surface area contributed by atoms with Crippen molar-refractivity contribution < 1.29 is 25.2 Å². The molecule has 0 saturated carbocycles. The van der Waals surface area contributed by atoms with Crippen molar-refractivity contribution >= 4 is 27.6 Å². The molecule has 1 aliphatic rings. The number of rotatable bonds is 8. The monoisotopic (exact) mass is 559 g/mol. The normalized spacial score (nSPS) is 16.9. The summed E-state index contributed by atoms with van der Waals surface area (Å²) >= 11 is 0. The molecule has 3 heterocycles. The van der Waals surface area contributed by atoms with Crippen LogP contribution in [0.5, 0.6) is 5.75 Å². The molecule has 0 radical (unpaired) electrons. The lowest BCUT2D eigenvalue weighted by Crippen LogP contribution is -2.41. The lowest BCUT2D eigenvalue weighted by Gasteiger charge is -2.34. The molecule has 3 aromatic rings. The second kappa shape index (κ2) is 10.8. The number of nitrogens with one attached hydrogen (secondary N) is 1. The van der Waals surface area contributed by atoms with Crippen LogP contribution in [0.25, 0.3) is 11.3 Å². The van der Waals surface area contributed by atoms with Gasteiger partial charge in [0.25, 0.3) is 15.9 Å². The number of hydrogen-bond donors (Lipinski definition) is 2. The predicted octanol–water partition coefficient (Wildman–Crippen LogP) is 5.14. The average molecular weight is 560 g/mol. The summed E-state index contributed by atoms with van der Waals surface area (Å²) in [5.74, 6) is -0.0688. The van der Waals surface area contributed by atoms with E-state index in [2.05, 4.69) is 16.6 Å². The Kier molecular flexibility index (Phi) is 7.83. The van der Waals surface area contributed by atoms with Gasteiger partial charge in [0.15, 0.2) is 5.03 Å². The molecule has 1 amide bonds. The van der Waals surface area contributed by atoms with Gasteiger partial charge in [-0.2, -0.15) is 8.42 Å². The van der Waals surface area contributed by atoms with E-state index in [1.54, 1.807) is 12.1 Å². The van der Waals surface area contributed by atoms with Crippen LogP contribution in [-0.4, -0.2) is 43.0 Å². The van der Waals surface area contributed by atoms with Gasteiger partial charge in [0, 0.05) is 26.6 Å². The highest BCUT2D eigenvalue weighted by Gasteiger charge is 2.39. The Balaban J connectivity index is 0.00000294. The zero-order chi connectivity index (χ0) is 28.5. The number of carbonyl (C=O) groups excluding carboxylic acids is 1. The highest BCUT2D eigenvalue weighted by Crippen LogP contribution is 2.38. The Morgan fingerprint density at radius 1 is 1.23 bits per heavy atom. The number of anilines is 2. The Labute approximate surface area is 231 Å². The summed E-state index contributed by atoms with van der Waals surface area (Å²) in [6, 6.07) is 11.6. The van der Waals surface area contributed by atoms with Crippen molar-refractivity contribution in [2.24, 2.45) is 11.8 Å². The Morgan fingerprint density at radius 2 is 1.97 bits per heavy atom. The largest absolute Gasteiger partial charge is 0.493 e. The number of aromatic nitrogens is 2. The van der Waals surface area contributed by atoms with Gasteiger partial charge in [-0.15, -0.1) is 0 Å². The molecule has 0 bridgehead atoms. The first-order valence-electron chi connectivity index (χ1n) is 12.8. The van der Waals surface area contributed by atoms with Gasteiger partial charge in [0.05, 0.1) is 17.9 Å². The van der Waals surface area contributed by atoms with Gasteiger partial charge in [0.1, 0.15) is 23.2 Å². The summed E-state index contributed by atoms with van der Waals surface area (Å²) in [6.07, 6.45) is 0.846. The first-order chi connectivity index (χ1) is 18.2. The van der Waals surface area contributed by atoms with Crippen LogP contribution in [-0.2, 0) is 10.0 Å². The third-order valence-corrected chi connectivity index (χ3v) is 7.68. The quantitative estimate of drug-likeness (QED) is 0.389. The topological polar surface area (TPSA) is 128 Å². The van der Waals surface area contributed by atoms with E-state index in [1.165, 1.54) is 36.4 Å². The molecule has 1 saturated heterocycles. The van der Waals surface area contributed by atoms with E-state index in [-0.39, 0.29) is 30.7 Å². The van der Waals surface area contributed by atoms with Crippen molar-refractivity contribution in [2.45, 2.75) is 51.6 Å². The first kappa shape index (κ1) is 28.3. The number of nitrogens with two attached hydrogens (primary N) is 1. The third kappa shape index (κ3) is 6.47. The molecule has 212 valence electrons. The molecule has 9 nitrogen and oxygen atoms in total. The fourth-order valence-corrected chi connectivity index (χ4v) is 5.76. The molecular weight excluding hydrogens is 521 g/mol. The molecule has 4 rings (SSSR count). The lowest BCUT2D eigenvalue weighted by molar-refractivity contribution is 0.0981. The minimum absolute atomic E-state index is 0. The molecule has 1 fully saturated rings. The maximum Gasteiger partial charge on any atom is 0.281 e. The fourth-order valence-electron chi connectivity index (χ4n) is 4.82. The van der Waals surface area contributed by atoms with Gasteiger partial charge in [-0.05, 0) is 68.5 Å². The molecule has 2 aromatic heterocycles. The van der Waals surface area contributed by atoms with E-state index in [0.29, 0.717) is 41.9 Å². The zero-order valence-corrected chi connectivity index (χ0v) is 23.5. The Morgan fingerprint density at radius 3 is 2.62 bits per heavy atom. The summed E-state index contributed by atoms with van der Waals surface area (Å²) in [4.78, 5) is 24.0. The molecule has 39 heavy (non-hydrogen) atoms. The maximum atomic E-state index is 14.5. The van der Waals surface area contributed by atoms with Crippen LogP contribution in [0.4, 0.5) is 16.0 Å². The number of hydrogen-bond acceptors (Lipinski definition) is 8. The number of nitrogen functional groups attached to an aromatic ring is 1. The summed E-state index contributed by atoms with van der Waals surface area (Å²) < 4.78 is 48.2. The summed E-state index contributed by atoms with van der Waals surface area (Å²) in [7, 11) is -4.30. The van der Waals surface area contributed by atoms with Crippen molar-refractivity contribution in [3.05, 3.63) is 59.9 Å². The lowest BCUT2D eigenvalue weighted by atomic mass is 9.97. The van der Waals surface area contributed by atoms with Crippen molar-refractivity contribution in [1.82, 2.24) is 14.7 Å². The number of ether oxygens (including phenoxy) is 1. The minimum atomic E-state index is -4.30. The highest BCUT2D eigenvalue weighted by molar-refractivity contribution is 7.90. The summed E-state index contributed by atoms with van der Waals surface area (Å²) in [5, 5.41) is -0.370. The smallest absolute Gasteiger partial charge is 0.281 e. The minimum Gasteiger partial charge on any atom is -0.493 e. The number of pyridine rings is 2. The molecule has 1 aliphatic heterocycles. The van der Waals surface area contributed by atoms with Crippen LogP contribution < -0.4 is 20.1 Å². The van der Waals surface area contributed by atoms with E-state index in [9.17, 15) is 17.6 Å². The first-order valence-corrected chi connectivity index (χ1v) is 14.3. The van der Waals surface area contributed by atoms with Gasteiger partial charge < -0.3 is 15.4 Å². The predicted molar refractivity (Wildman–Crippen MR) is 153 cm³/mol. The van der Waals surface area contributed by atoms with Crippen molar-refractivity contribution in [3.63, 3.8) is 0 Å². The van der Waals surface area contributed by atoms with E-state index in [0.717, 1.165) is 6.42 Å². The molecule has 0 aliphatic carbocycles. The van der Waals surface area contributed by atoms with E-state index in [1.807, 2.05) is 32.6 Å². The van der Waals surface area contributed by atoms with Crippen LogP contribution >= 0.6 is 0 Å². The highest BCUT2D eigenvalue weighted by atomic mass is 32.2. The van der Waals surface area contributed by atoms with Crippen LogP contribution in [0, 0.1) is 17.7 Å². The van der Waals surface area contributed by atoms with Gasteiger partial charge in [-0.1, -0.05) is 26.8 Å². The number of nitrogens with zero attached hydrogens (tertiary/aromatic N) is 3. The number of benzene rings is 1. The van der Waals surface area contributed by atoms with Crippen LogP contribution in [0.15, 0.2) is 53.6 Å². The molecule has 1 aromatic carbocycles. The second-order valence-electron chi connectivity index (χ2n) is 11.0. The van der Waals surface area contributed by atoms with Gasteiger partial charge in [-0.25, -0.2) is 19.1 Å². The van der Waals surface area contributed by atoms with E-state index < -0.39 is 21.7 Å². The van der Waals surface area contributed by atoms with Crippen LogP contribution in [0.2, 0.25) is 0 Å². The molecular formula is C28H38FN5O4S. The molecule has 3 N–H and O–H groups in total. The van der Waals surface area contributed by atoms with Gasteiger partial charge >= 0.3 is 0 Å². The summed E-state index contributed by atoms with van der Waals surface area (Å²) in [6.45, 7) is 11.2. The number of amides is 1. The van der Waals surface area contributed by atoms with Crippen LogP contribution in [0.3, 0.4) is 0 Å². The number of sulfonamides is 1. The standard InChI is InChI=1S/C28H34FN5O4S.2H2/c1-17(2)16-38-21-12-19(11-20(29)13-21)23-10-9-22(26(31-23)34-15-18(3)14-28(34,4)5)27(35)33-39(36,37)25-8-6-7-24(30)32-25;;/h6-13,17-18H,14-16H2,1-5H3,(H2,30,32)(H,33,35);2*1H/t18-;;/m0../s1. The Bertz CT molecular complexity index is 1500. The molecule has 11 heteroatoms. The fraction of sp³-hybridized carbons (Fsp3) is 0.393. The SMILES string of the molecule is CC(C)COc1cc(F)cc(-c2ccc(C(=O)NS(=O)(=O)c3cccc(N)n3)c(N3C[C@@H](C)CC3(C)C)n2)c1.[HH].[HH].